The minimum atomic E-state index is -1.86. The van der Waals surface area contributed by atoms with Gasteiger partial charge in [0.2, 0.25) is 0 Å². The van der Waals surface area contributed by atoms with E-state index in [-0.39, 0.29) is 19.3 Å². The number of aliphatic hydroxyl groups is 1. The smallest absolute Gasteiger partial charge is 0.351 e. The topological polar surface area (TPSA) is 103 Å². The number of aromatic nitrogens is 2. The Kier molecular flexibility index (Phi) is 4.89. The van der Waals surface area contributed by atoms with Crippen LogP contribution in [-0.4, -0.2) is 45.6 Å². The largest absolute Gasteiger partial charge is 0.484 e. The highest BCUT2D eigenvalue weighted by atomic mass is 19.1. The number of nitrogens with one attached hydrogen (secondary N) is 1. The van der Waals surface area contributed by atoms with E-state index < -0.39 is 36.2 Å². The van der Waals surface area contributed by atoms with Crippen molar-refractivity contribution in [1.29, 1.82) is 0 Å². The first-order valence-electron chi connectivity index (χ1n) is 8.54. The van der Waals surface area contributed by atoms with Crippen molar-refractivity contribution in [2.45, 2.75) is 31.5 Å². The summed E-state index contributed by atoms with van der Waals surface area (Å²) >= 11 is 0. The van der Waals surface area contributed by atoms with E-state index in [0.29, 0.717) is 5.75 Å². The summed E-state index contributed by atoms with van der Waals surface area (Å²) in [5, 5.41) is 12.1. The highest BCUT2D eigenvalue weighted by molar-refractivity contribution is 5.90. The second kappa shape index (κ2) is 7.63. The van der Waals surface area contributed by atoms with Crippen molar-refractivity contribution < 1.29 is 25.1 Å². The molecule has 4 atom stereocenters. The lowest BCUT2D eigenvalue weighted by Crippen LogP contribution is -2.33. The summed E-state index contributed by atoms with van der Waals surface area (Å²) in [6.07, 6.45) is -4.54. The first-order chi connectivity index (χ1) is 13.0. The highest BCUT2D eigenvalue weighted by Gasteiger charge is 2.43. The van der Waals surface area contributed by atoms with Crippen molar-refractivity contribution in [3.8, 4) is 5.75 Å². The number of hydrogen-bond donors (Lipinski definition) is 2. The minimum absolute atomic E-state index is 0.0242. The number of amides is 1. The molecule has 3 rings (SSSR count). The van der Waals surface area contributed by atoms with Gasteiger partial charge < -0.3 is 19.9 Å². The monoisotopic (exact) mass is 364 g/mol. The molecule has 2 N–H and O–H groups in total. The van der Waals surface area contributed by atoms with Crippen molar-refractivity contribution in [1.82, 2.24) is 9.55 Å². The quantitative estimate of drug-likeness (QED) is 0.816. The maximum Gasteiger partial charge on any atom is 0.351 e. The zero-order valence-corrected chi connectivity index (χ0v) is 13.6. The SMILES string of the molecule is [2H]C[C@H]1O[C@@H](n2ccc(NC(=O)COc3ccccc3)nc2=O)[C@@H](F)C1O. The fraction of sp³-hybridized carbons (Fsp3) is 0.353. The number of benzene rings is 1. The molecule has 0 saturated carbocycles. The maximum atomic E-state index is 14.1. The zero-order chi connectivity index (χ0) is 19.4. The van der Waals surface area contributed by atoms with Gasteiger partial charge in [-0.2, -0.15) is 4.98 Å². The van der Waals surface area contributed by atoms with Gasteiger partial charge in [-0.25, -0.2) is 9.18 Å². The molecule has 0 bridgehead atoms. The lowest BCUT2D eigenvalue weighted by atomic mass is 10.2. The number of carbonyl (C=O) groups excluding carboxylic acids is 1. The molecule has 1 unspecified atom stereocenters. The van der Waals surface area contributed by atoms with E-state index in [9.17, 15) is 19.1 Å². The van der Waals surface area contributed by atoms with E-state index in [1.165, 1.54) is 12.3 Å². The Balaban J connectivity index is 1.63. The Morgan fingerprint density at radius 1 is 1.46 bits per heavy atom. The van der Waals surface area contributed by atoms with Gasteiger partial charge in [-0.05, 0) is 25.1 Å². The molecule has 1 amide bonds. The van der Waals surface area contributed by atoms with Crippen LogP contribution < -0.4 is 15.7 Å². The van der Waals surface area contributed by atoms with Crippen LogP contribution in [0.4, 0.5) is 10.2 Å². The lowest BCUT2D eigenvalue weighted by Gasteiger charge is -2.16. The molecular formula is C17H18FN3O5. The van der Waals surface area contributed by atoms with E-state index in [4.69, 9.17) is 10.8 Å². The molecule has 1 aliphatic heterocycles. The Morgan fingerprint density at radius 3 is 2.88 bits per heavy atom. The van der Waals surface area contributed by atoms with E-state index in [2.05, 4.69) is 10.3 Å². The van der Waals surface area contributed by atoms with Crippen LogP contribution in [0.1, 0.15) is 14.5 Å². The fourth-order valence-corrected chi connectivity index (χ4v) is 2.45. The van der Waals surface area contributed by atoms with Gasteiger partial charge in [0.15, 0.2) is 19.0 Å². The van der Waals surface area contributed by atoms with Gasteiger partial charge in [0.05, 0.1) is 6.10 Å². The Bertz CT molecular complexity index is 850. The van der Waals surface area contributed by atoms with E-state index in [1.807, 2.05) is 6.07 Å². The van der Waals surface area contributed by atoms with Crippen LogP contribution in [0.2, 0.25) is 0 Å². The van der Waals surface area contributed by atoms with Crippen LogP contribution in [0, 0.1) is 0 Å². The summed E-state index contributed by atoms with van der Waals surface area (Å²) in [4.78, 5) is 27.7. The van der Waals surface area contributed by atoms with Gasteiger partial charge in [-0.3, -0.25) is 9.36 Å². The second-order valence-corrected chi connectivity index (χ2v) is 5.65. The first kappa shape index (κ1) is 16.7. The third-order valence-electron chi connectivity index (χ3n) is 3.78. The second-order valence-electron chi connectivity index (χ2n) is 5.65. The first-order valence-corrected chi connectivity index (χ1v) is 7.83. The van der Waals surface area contributed by atoms with Crippen molar-refractivity contribution in [2.24, 2.45) is 0 Å². The number of aliphatic hydroxyl groups excluding tert-OH is 1. The van der Waals surface area contributed by atoms with Crippen molar-refractivity contribution in [3.63, 3.8) is 0 Å². The van der Waals surface area contributed by atoms with Crippen LogP contribution in [0.5, 0.6) is 5.75 Å². The average Bonchev–Trinajstić information content (AvgIpc) is 2.95. The number of rotatable bonds is 5. The molecule has 2 aromatic rings. The minimum Gasteiger partial charge on any atom is -0.484 e. The van der Waals surface area contributed by atoms with Crippen molar-refractivity contribution in [2.75, 3.05) is 11.9 Å². The molecule has 2 heterocycles. The predicted octanol–water partition coefficient (Wildman–Crippen LogP) is 0.877. The third kappa shape index (κ3) is 3.89. The van der Waals surface area contributed by atoms with Crippen molar-refractivity contribution >= 4 is 11.7 Å². The zero-order valence-electron chi connectivity index (χ0n) is 14.6. The normalized spacial score (nSPS) is 25.5. The summed E-state index contributed by atoms with van der Waals surface area (Å²) in [6, 6.07) is 10.0. The maximum absolute atomic E-state index is 14.1. The van der Waals surface area contributed by atoms with E-state index in [1.54, 1.807) is 24.3 Å². The summed E-state index contributed by atoms with van der Waals surface area (Å²) in [5.74, 6) is -0.0245. The molecule has 1 aromatic carbocycles. The van der Waals surface area contributed by atoms with Gasteiger partial charge in [-0.15, -0.1) is 0 Å². The molecular weight excluding hydrogens is 345 g/mol. The van der Waals surface area contributed by atoms with Gasteiger partial charge in [-0.1, -0.05) is 18.2 Å². The van der Waals surface area contributed by atoms with Crippen molar-refractivity contribution in [3.05, 3.63) is 53.1 Å². The summed E-state index contributed by atoms with van der Waals surface area (Å²) in [7, 11) is 0. The molecule has 0 spiro atoms. The standard InChI is InChI=1S/C17H18FN3O5/c1-10-15(23)14(18)16(26-10)21-8-7-12(20-17(21)24)19-13(22)9-25-11-5-3-2-4-6-11/h2-8,10,14-16,23H,9H2,1H3,(H,19,20,22,24)/t10-,14+,15?,16-/m1/s1/i1D. The fourth-order valence-electron chi connectivity index (χ4n) is 2.45. The van der Waals surface area contributed by atoms with Crippen LogP contribution in [0.3, 0.4) is 0 Å². The molecule has 138 valence electrons. The molecule has 1 saturated heterocycles. The molecule has 26 heavy (non-hydrogen) atoms. The van der Waals surface area contributed by atoms with Gasteiger partial charge in [0.25, 0.3) is 5.91 Å². The average molecular weight is 364 g/mol. The van der Waals surface area contributed by atoms with Gasteiger partial charge in [0.1, 0.15) is 17.7 Å². The summed E-state index contributed by atoms with van der Waals surface area (Å²) in [6.45, 7) is -0.611. The predicted molar refractivity (Wildman–Crippen MR) is 89.6 cm³/mol. The Hall–Kier alpha value is -2.78. The van der Waals surface area contributed by atoms with Gasteiger partial charge >= 0.3 is 5.69 Å². The molecule has 1 aliphatic rings. The number of hydrogen-bond acceptors (Lipinski definition) is 6. The number of anilines is 1. The molecule has 1 fully saturated rings. The Labute approximate surface area is 149 Å². The van der Waals surface area contributed by atoms with Crippen LogP contribution in [0.15, 0.2) is 47.4 Å². The number of nitrogens with zero attached hydrogens (tertiary/aromatic N) is 2. The molecule has 8 nitrogen and oxygen atoms in total. The van der Waals surface area contributed by atoms with Crippen LogP contribution >= 0.6 is 0 Å². The number of ether oxygens (including phenoxy) is 2. The summed E-state index contributed by atoms with van der Waals surface area (Å²) < 4.78 is 32.7. The molecule has 1 aromatic heterocycles. The lowest BCUT2D eigenvalue weighted by molar-refractivity contribution is -0.118. The van der Waals surface area contributed by atoms with E-state index in [0.717, 1.165) is 4.57 Å². The van der Waals surface area contributed by atoms with Crippen LogP contribution in [-0.2, 0) is 9.53 Å². The number of alkyl halides is 1. The number of carbonyl (C=O) groups is 1. The number of halogens is 1. The van der Waals surface area contributed by atoms with Gasteiger partial charge in [0, 0.05) is 7.57 Å². The molecule has 0 radical (unpaired) electrons. The summed E-state index contributed by atoms with van der Waals surface area (Å²) in [5.41, 5.74) is -0.859. The Morgan fingerprint density at radius 2 is 2.23 bits per heavy atom. The van der Waals surface area contributed by atoms with E-state index >= 15 is 0 Å². The highest BCUT2D eigenvalue weighted by Crippen LogP contribution is 2.30. The molecule has 9 heteroatoms. The number of para-hydroxylation sites is 1. The third-order valence-corrected chi connectivity index (χ3v) is 3.78. The van der Waals surface area contributed by atoms with Crippen LogP contribution in [0.25, 0.3) is 0 Å². The molecule has 0 aliphatic carbocycles.